The number of hydrogen-bond acceptors (Lipinski definition) is 3. The Labute approximate surface area is 105 Å². The Balaban J connectivity index is 1.97. The molecule has 0 atom stereocenters. The van der Waals surface area contributed by atoms with E-state index in [2.05, 4.69) is 5.32 Å². The molecule has 0 spiro atoms. The van der Waals surface area contributed by atoms with Crippen LogP contribution in [0, 0.1) is 6.92 Å². The monoisotopic (exact) mass is 246 g/mol. The summed E-state index contributed by atoms with van der Waals surface area (Å²) in [6.45, 7) is 1.72. The van der Waals surface area contributed by atoms with Gasteiger partial charge < -0.3 is 5.32 Å². The maximum absolute atomic E-state index is 11.7. The molecular formula is C13H14N2O3. The fraction of sp³-hybridized carbons (Fsp3) is 0.308. The highest BCUT2D eigenvalue weighted by Crippen LogP contribution is 2.13. The Bertz CT molecular complexity index is 495. The van der Waals surface area contributed by atoms with E-state index >= 15 is 0 Å². The van der Waals surface area contributed by atoms with Gasteiger partial charge >= 0.3 is 0 Å². The number of anilines is 1. The molecule has 0 saturated carbocycles. The molecule has 0 bridgehead atoms. The minimum absolute atomic E-state index is 0.203. The number of nitrogens with one attached hydrogen (secondary N) is 1. The van der Waals surface area contributed by atoms with Crippen molar-refractivity contribution in [3.05, 3.63) is 29.8 Å². The molecule has 3 amide bonds. The Hall–Kier alpha value is -2.17. The number of carbonyl (C=O) groups excluding carboxylic acids is 3. The number of amides is 3. The third kappa shape index (κ3) is 2.74. The van der Waals surface area contributed by atoms with Crippen LogP contribution in [0.4, 0.5) is 5.69 Å². The summed E-state index contributed by atoms with van der Waals surface area (Å²) < 4.78 is 0. The van der Waals surface area contributed by atoms with Crippen LogP contribution >= 0.6 is 0 Å². The van der Waals surface area contributed by atoms with Gasteiger partial charge in [-0.3, -0.25) is 19.3 Å². The van der Waals surface area contributed by atoms with Crippen LogP contribution in [-0.4, -0.2) is 29.2 Å². The van der Waals surface area contributed by atoms with Gasteiger partial charge in [-0.25, -0.2) is 0 Å². The number of nitrogens with zero attached hydrogens (tertiary/aromatic N) is 1. The predicted molar refractivity (Wildman–Crippen MR) is 65.8 cm³/mol. The van der Waals surface area contributed by atoms with E-state index in [-0.39, 0.29) is 37.1 Å². The fourth-order valence-corrected chi connectivity index (χ4v) is 1.87. The van der Waals surface area contributed by atoms with Crippen molar-refractivity contribution in [2.45, 2.75) is 19.8 Å². The maximum Gasteiger partial charge on any atom is 0.244 e. The summed E-state index contributed by atoms with van der Waals surface area (Å²) in [5.74, 6) is -0.914. The predicted octanol–water partition coefficient (Wildman–Crippen LogP) is 1.08. The number of benzene rings is 1. The standard InChI is InChI=1S/C13H14N2O3/c1-9-3-2-4-10(7-9)14-11(16)8-15-12(17)5-6-13(15)18/h2-4,7H,5-6,8H2,1H3,(H,14,16). The third-order valence-corrected chi connectivity index (χ3v) is 2.76. The summed E-state index contributed by atoms with van der Waals surface area (Å²) in [6, 6.07) is 7.34. The molecule has 1 N–H and O–H groups in total. The van der Waals surface area contributed by atoms with Crippen LogP contribution in [-0.2, 0) is 14.4 Å². The van der Waals surface area contributed by atoms with Gasteiger partial charge in [0.15, 0.2) is 0 Å². The highest BCUT2D eigenvalue weighted by molar-refractivity contribution is 6.06. The van der Waals surface area contributed by atoms with Gasteiger partial charge in [-0.05, 0) is 24.6 Å². The van der Waals surface area contributed by atoms with E-state index in [1.165, 1.54) is 0 Å². The van der Waals surface area contributed by atoms with Crippen LogP contribution in [0.15, 0.2) is 24.3 Å². The van der Waals surface area contributed by atoms with Crippen molar-refractivity contribution in [3.8, 4) is 0 Å². The first kappa shape index (κ1) is 12.3. The molecule has 1 aliphatic heterocycles. The van der Waals surface area contributed by atoms with Gasteiger partial charge in [-0.2, -0.15) is 0 Å². The summed E-state index contributed by atoms with van der Waals surface area (Å²) in [5, 5.41) is 2.67. The van der Waals surface area contributed by atoms with E-state index in [1.807, 2.05) is 25.1 Å². The Kier molecular flexibility index (Phi) is 3.41. The van der Waals surface area contributed by atoms with Gasteiger partial charge in [0.25, 0.3) is 0 Å². The highest BCUT2D eigenvalue weighted by atomic mass is 16.2. The van der Waals surface area contributed by atoms with E-state index in [0.29, 0.717) is 5.69 Å². The van der Waals surface area contributed by atoms with E-state index < -0.39 is 0 Å². The molecule has 18 heavy (non-hydrogen) atoms. The Morgan fingerprint density at radius 1 is 1.28 bits per heavy atom. The van der Waals surface area contributed by atoms with E-state index in [1.54, 1.807) is 6.07 Å². The summed E-state index contributed by atoms with van der Waals surface area (Å²) in [5.41, 5.74) is 1.69. The molecule has 1 aromatic rings. The number of imide groups is 1. The summed E-state index contributed by atoms with van der Waals surface area (Å²) in [6.07, 6.45) is 0.410. The molecular weight excluding hydrogens is 232 g/mol. The van der Waals surface area contributed by atoms with Crippen LogP contribution < -0.4 is 5.32 Å². The molecule has 2 rings (SSSR count). The molecule has 0 radical (unpaired) electrons. The largest absolute Gasteiger partial charge is 0.325 e. The van der Waals surface area contributed by atoms with Gasteiger partial charge in [0, 0.05) is 18.5 Å². The van der Waals surface area contributed by atoms with Crippen molar-refractivity contribution in [2.24, 2.45) is 0 Å². The van der Waals surface area contributed by atoms with Gasteiger partial charge in [0.05, 0.1) is 0 Å². The molecule has 1 aromatic carbocycles. The molecule has 0 unspecified atom stereocenters. The lowest BCUT2D eigenvalue weighted by molar-refractivity contribution is -0.141. The average Bonchev–Trinajstić information content (AvgIpc) is 2.61. The van der Waals surface area contributed by atoms with Crippen LogP contribution in [0.1, 0.15) is 18.4 Å². The molecule has 5 heteroatoms. The van der Waals surface area contributed by atoms with Crippen molar-refractivity contribution < 1.29 is 14.4 Å². The number of aryl methyl sites for hydroxylation is 1. The van der Waals surface area contributed by atoms with Gasteiger partial charge in [0.1, 0.15) is 6.54 Å². The topological polar surface area (TPSA) is 66.5 Å². The first-order chi connectivity index (χ1) is 8.56. The highest BCUT2D eigenvalue weighted by Gasteiger charge is 2.30. The minimum atomic E-state index is -0.357. The van der Waals surface area contributed by atoms with Gasteiger partial charge in [-0.15, -0.1) is 0 Å². The Morgan fingerprint density at radius 2 is 1.94 bits per heavy atom. The zero-order valence-corrected chi connectivity index (χ0v) is 10.1. The lowest BCUT2D eigenvalue weighted by atomic mass is 10.2. The zero-order valence-electron chi connectivity index (χ0n) is 10.1. The van der Waals surface area contributed by atoms with Crippen molar-refractivity contribution in [1.82, 2.24) is 4.90 Å². The SMILES string of the molecule is Cc1cccc(NC(=O)CN2C(=O)CCC2=O)c1. The Morgan fingerprint density at radius 3 is 2.56 bits per heavy atom. The summed E-state index contributed by atoms with van der Waals surface area (Å²) in [7, 11) is 0. The van der Waals surface area contributed by atoms with Crippen molar-refractivity contribution in [1.29, 1.82) is 0 Å². The van der Waals surface area contributed by atoms with Crippen molar-refractivity contribution in [3.63, 3.8) is 0 Å². The van der Waals surface area contributed by atoms with E-state index in [9.17, 15) is 14.4 Å². The first-order valence-corrected chi connectivity index (χ1v) is 5.76. The summed E-state index contributed by atoms with van der Waals surface area (Å²) in [4.78, 5) is 35.4. The molecule has 0 aromatic heterocycles. The van der Waals surface area contributed by atoms with Crippen molar-refractivity contribution in [2.75, 3.05) is 11.9 Å². The van der Waals surface area contributed by atoms with Gasteiger partial charge in [-0.1, -0.05) is 12.1 Å². The maximum atomic E-state index is 11.7. The normalized spacial score (nSPS) is 15.1. The quantitative estimate of drug-likeness (QED) is 0.812. The zero-order chi connectivity index (χ0) is 13.1. The minimum Gasteiger partial charge on any atom is -0.325 e. The average molecular weight is 246 g/mol. The summed E-state index contributed by atoms with van der Waals surface area (Å²) >= 11 is 0. The molecule has 5 nitrogen and oxygen atoms in total. The molecule has 94 valence electrons. The first-order valence-electron chi connectivity index (χ1n) is 5.76. The lowest BCUT2D eigenvalue weighted by Crippen LogP contribution is -2.36. The van der Waals surface area contributed by atoms with Crippen LogP contribution in [0.25, 0.3) is 0 Å². The molecule has 1 saturated heterocycles. The van der Waals surface area contributed by atoms with E-state index in [0.717, 1.165) is 10.5 Å². The second kappa shape index (κ2) is 5.00. The van der Waals surface area contributed by atoms with Crippen LogP contribution in [0.2, 0.25) is 0 Å². The smallest absolute Gasteiger partial charge is 0.244 e. The van der Waals surface area contributed by atoms with Gasteiger partial charge in [0.2, 0.25) is 17.7 Å². The molecule has 0 aliphatic carbocycles. The van der Waals surface area contributed by atoms with Crippen molar-refractivity contribution >= 4 is 23.4 Å². The fourth-order valence-electron chi connectivity index (χ4n) is 1.87. The van der Waals surface area contributed by atoms with Crippen LogP contribution in [0.5, 0.6) is 0 Å². The number of rotatable bonds is 3. The molecule has 1 heterocycles. The number of likely N-dealkylation sites (tertiary alicyclic amines) is 1. The molecule has 1 aliphatic rings. The number of carbonyl (C=O) groups is 3. The van der Waals surface area contributed by atoms with Crippen LogP contribution in [0.3, 0.4) is 0 Å². The lowest BCUT2D eigenvalue weighted by Gasteiger charge is -2.13. The molecule has 1 fully saturated rings. The second-order valence-corrected chi connectivity index (χ2v) is 4.29. The van der Waals surface area contributed by atoms with E-state index in [4.69, 9.17) is 0 Å². The second-order valence-electron chi connectivity index (χ2n) is 4.29. The number of hydrogen-bond donors (Lipinski definition) is 1. The third-order valence-electron chi connectivity index (χ3n) is 2.76.